The Balaban J connectivity index is 1.75. The Hall–Kier alpha value is -1.85. The Morgan fingerprint density at radius 3 is 2.58 bits per heavy atom. The Bertz CT molecular complexity index is 849. The van der Waals surface area contributed by atoms with Crippen molar-refractivity contribution >= 4 is 16.8 Å². The van der Waals surface area contributed by atoms with E-state index in [1.807, 2.05) is 0 Å². The molecule has 1 saturated heterocycles. The van der Waals surface area contributed by atoms with Gasteiger partial charge in [-0.2, -0.15) is 0 Å². The highest BCUT2D eigenvalue weighted by Gasteiger charge is 2.23. The lowest BCUT2D eigenvalue weighted by Gasteiger charge is -2.28. The number of benzene rings is 1. The molecule has 1 aromatic carbocycles. The van der Waals surface area contributed by atoms with E-state index in [1.54, 1.807) is 0 Å². The SMILES string of the molecule is CC(C)(C)c1cn2c3ccccc3nc2n1CCN1CCOCC1. The fraction of sp³-hybridized carbons (Fsp3) is 0.526. The van der Waals surface area contributed by atoms with Crippen LogP contribution >= 0.6 is 0 Å². The molecule has 1 aliphatic heterocycles. The molecule has 2 aromatic heterocycles. The lowest BCUT2D eigenvalue weighted by Crippen LogP contribution is -2.38. The minimum Gasteiger partial charge on any atom is -0.379 e. The molecule has 0 unspecified atom stereocenters. The molecule has 3 aromatic rings. The molecule has 0 saturated carbocycles. The van der Waals surface area contributed by atoms with Gasteiger partial charge >= 0.3 is 0 Å². The molecule has 0 aliphatic carbocycles. The molecule has 128 valence electrons. The summed E-state index contributed by atoms with van der Waals surface area (Å²) in [6.45, 7) is 12.6. The molecular weight excluding hydrogens is 300 g/mol. The average Bonchev–Trinajstić information content (AvgIpc) is 3.10. The first kappa shape index (κ1) is 15.7. The fourth-order valence-corrected chi connectivity index (χ4v) is 3.53. The highest BCUT2D eigenvalue weighted by atomic mass is 16.5. The standard InChI is InChI=1S/C19H26N4O/c1-19(2,3)17-14-23-16-7-5-4-6-15(16)20-18(23)22(17)9-8-21-10-12-24-13-11-21/h4-7,14H,8-13H2,1-3H3. The summed E-state index contributed by atoms with van der Waals surface area (Å²) < 4.78 is 10.1. The first-order chi connectivity index (χ1) is 11.5. The van der Waals surface area contributed by atoms with Crippen molar-refractivity contribution in [2.45, 2.75) is 32.7 Å². The van der Waals surface area contributed by atoms with Gasteiger partial charge in [-0.3, -0.25) is 9.30 Å². The predicted molar refractivity (Wildman–Crippen MR) is 96.6 cm³/mol. The molecule has 4 rings (SSSR count). The van der Waals surface area contributed by atoms with Gasteiger partial charge in [0, 0.05) is 43.5 Å². The van der Waals surface area contributed by atoms with Crippen LogP contribution in [0.2, 0.25) is 0 Å². The van der Waals surface area contributed by atoms with Gasteiger partial charge in [-0.15, -0.1) is 0 Å². The van der Waals surface area contributed by atoms with Crippen molar-refractivity contribution in [2.75, 3.05) is 32.8 Å². The van der Waals surface area contributed by atoms with Crippen LogP contribution in [0.4, 0.5) is 0 Å². The summed E-state index contributed by atoms with van der Waals surface area (Å²) in [7, 11) is 0. The van der Waals surface area contributed by atoms with Crippen molar-refractivity contribution in [1.29, 1.82) is 0 Å². The van der Waals surface area contributed by atoms with Crippen LogP contribution in [0, 0.1) is 0 Å². The number of ether oxygens (including phenoxy) is 1. The van der Waals surface area contributed by atoms with E-state index in [9.17, 15) is 0 Å². The minimum atomic E-state index is 0.0901. The Morgan fingerprint density at radius 2 is 1.83 bits per heavy atom. The third kappa shape index (κ3) is 2.72. The second kappa shape index (κ2) is 5.90. The third-order valence-electron chi connectivity index (χ3n) is 4.87. The van der Waals surface area contributed by atoms with E-state index in [1.165, 1.54) is 11.2 Å². The third-order valence-corrected chi connectivity index (χ3v) is 4.87. The molecule has 5 nitrogen and oxygen atoms in total. The second-order valence-corrected chi connectivity index (χ2v) is 7.64. The topological polar surface area (TPSA) is 34.7 Å². The van der Waals surface area contributed by atoms with Gasteiger partial charge in [0.15, 0.2) is 0 Å². The molecule has 1 aliphatic rings. The zero-order chi connectivity index (χ0) is 16.7. The van der Waals surface area contributed by atoms with Gasteiger partial charge in [-0.05, 0) is 12.1 Å². The van der Waals surface area contributed by atoms with Crippen LogP contribution < -0.4 is 0 Å². The lowest BCUT2D eigenvalue weighted by molar-refractivity contribution is 0.0363. The van der Waals surface area contributed by atoms with Crippen molar-refractivity contribution in [3.8, 4) is 0 Å². The van der Waals surface area contributed by atoms with E-state index in [0.717, 1.165) is 50.7 Å². The van der Waals surface area contributed by atoms with Crippen molar-refractivity contribution in [2.24, 2.45) is 0 Å². The number of aromatic nitrogens is 3. The zero-order valence-corrected chi connectivity index (χ0v) is 14.8. The van der Waals surface area contributed by atoms with Crippen LogP contribution in [-0.4, -0.2) is 51.7 Å². The molecule has 24 heavy (non-hydrogen) atoms. The van der Waals surface area contributed by atoms with Crippen LogP contribution in [0.15, 0.2) is 30.5 Å². The summed E-state index contributed by atoms with van der Waals surface area (Å²) in [5.41, 5.74) is 3.67. The number of hydrogen-bond donors (Lipinski definition) is 0. The summed E-state index contributed by atoms with van der Waals surface area (Å²) in [6, 6.07) is 8.37. The quantitative estimate of drug-likeness (QED) is 0.742. The van der Waals surface area contributed by atoms with Crippen molar-refractivity contribution in [3.05, 3.63) is 36.2 Å². The van der Waals surface area contributed by atoms with Crippen molar-refractivity contribution in [1.82, 2.24) is 18.9 Å². The van der Waals surface area contributed by atoms with Gasteiger partial charge in [-0.25, -0.2) is 4.98 Å². The molecule has 3 heterocycles. The van der Waals surface area contributed by atoms with Crippen LogP contribution in [0.3, 0.4) is 0 Å². The summed E-state index contributed by atoms with van der Waals surface area (Å²) in [5.74, 6) is 1.05. The van der Waals surface area contributed by atoms with Crippen molar-refractivity contribution in [3.63, 3.8) is 0 Å². The monoisotopic (exact) mass is 326 g/mol. The maximum absolute atomic E-state index is 5.46. The molecule has 0 amide bonds. The number of nitrogens with zero attached hydrogens (tertiary/aromatic N) is 4. The van der Waals surface area contributed by atoms with Gasteiger partial charge in [0.2, 0.25) is 5.78 Å². The molecule has 5 heteroatoms. The van der Waals surface area contributed by atoms with E-state index in [2.05, 4.69) is 65.1 Å². The summed E-state index contributed by atoms with van der Waals surface area (Å²) >= 11 is 0. The van der Waals surface area contributed by atoms with Crippen LogP contribution in [0.25, 0.3) is 16.8 Å². The Morgan fingerprint density at radius 1 is 1.08 bits per heavy atom. The van der Waals surface area contributed by atoms with Gasteiger partial charge in [-0.1, -0.05) is 32.9 Å². The number of fused-ring (bicyclic) bond motifs is 3. The minimum absolute atomic E-state index is 0.0901. The molecule has 0 radical (unpaired) electrons. The lowest BCUT2D eigenvalue weighted by atomic mass is 9.92. The Labute approximate surface area is 142 Å². The van der Waals surface area contributed by atoms with E-state index < -0.39 is 0 Å². The fourth-order valence-electron chi connectivity index (χ4n) is 3.53. The number of imidazole rings is 2. The largest absolute Gasteiger partial charge is 0.379 e. The maximum Gasteiger partial charge on any atom is 0.215 e. The molecule has 0 atom stereocenters. The highest BCUT2D eigenvalue weighted by Crippen LogP contribution is 2.27. The molecule has 0 N–H and O–H groups in total. The number of hydrogen-bond acceptors (Lipinski definition) is 3. The van der Waals surface area contributed by atoms with Crippen LogP contribution in [0.1, 0.15) is 26.5 Å². The normalized spacial score (nSPS) is 17.1. The number of morpholine rings is 1. The van der Waals surface area contributed by atoms with Gasteiger partial charge in [0.05, 0.1) is 24.2 Å². The van der Waals surface area contributed by atoms with Gasteiger partial charge in [0.1, 0.15) is 0 Å². The zero-order valence-electron chi connectivity index (χ0n) is 14.8. The molecule has 0 spiro atoms. The first-order valence-electron chi connectivity index (χ1n) is 8.81. The number of para-hydroxylation sites is 2. The molecular formula is C19H26N4O. The van der Waals surface area contributed by atoms with E-state index in [-0.39, 0.29) is 5.41 Å². The highest BCUT2D eigenvalue weighted by molar-refractivity contribution is 5.79. The molecule has 0 bridgehead atoms. The maximum atomic E-state index is 5.46. The van der Waals surface area contributed by atoms with Crippen LogP contribution in [0.5, 0.6) is 0 Å². The average molecular weight is 326 g/mol. The first-order valence-corrected chi connectivity index (χ1v) is 8.81. The summed E-state index contributed by atoms with van der Waals surface area (Å²) in [6.07, 6.45) is 2.27. The van der Waals surface area contributed by atoms with E-state index >= 15 is 0 Å². The van der Waals surface area contributed by atoms with E-state index in [4.69, 9.17) is 9.72 Å². The Kier molecular flexibility index (Phi) is 3.85. The van der Waals surface area contributed by atoms with Gasteiger partial charge < -0.3 is 9.30 Å². The van der Waals surface area contributed by atoms with Crippen molar-refractivity contribution < 1.29 is 4.74 Å². The summed E-state index contributed by atoms with van der Waals surface area (Å²) in [5, 5.41) is 0. The second-order valence-electron chi connectivity index (χ2n) is 7.64. The number of rotatable bonds is 3. The van der Waals surface area contributed by atoms with Gasteiger partial charge in [0.25, 0.3) is 0 Å². The smallest absolute Gasteiger partial charge is 0.215 e. The predicted octanol–water partition coefficient (Wildman–Crippen LogP) is 2.92. The summed E-state index contributed by atoms with van der Waals surface area (Å²) in [4.78, 5) is 7.38. The van der Waals surface area contributed by atoms with E-state index in [0.29, 0.717) is 0 Å². The van der Waals surface area contributed by atoms with Crippen LogP contribution in [-0.2, 0) is 16.7 Å². The molecule has 1 fully saturated rings.